The molecular formula is C19H17ClFNO3S. The summed E-state index contributed by atoms with van der Waals surface area (Å²) in [7, 11) is -3.79. The molecule has 0 radical (unpaired) electrons. The van der Waals surface area contributed by atoms with Gasteiger partial charge in [0.1, 0.15) is 11.2 Å². The van der Waals surface area contributed by atoms with E-state index in [-0.39, 0.29) is 11.5 Å². The van der Waals surface area contributed by atoms with E-state index < -0.39 is 32.2 Å². The van der Waals surface area contributed by atoms with Gasteiger partial charge < -0.3 is 4.74 Å². The first-order chi connectivity index (χ1) is 12.4. The van der Waals surface area contributed by atoms with Crippen LogP contribution < -0.4 is 0 Å². The highest BCUT2D eigenvalue weighted by molar-refractivity contribution is 7.92. The van der Waals surface area contributed by atoms with Crippen LogP contribution in [0.5, 0.6) is 0 Å². The zero-order chi connectivity index (χ0) is 18.9. The van der Waals surface area contributed by atoms with Gasteiger partial charge in [-0.15, -0.1) is 0 Å². The number of halogens is 2. The molecule has 3 atom stereocenters. The lowest BCUT2D eigenvalue weighted by molar-refractivity contribution is 0.117. The van der Waals surface area contributed by atoms with E-state index in [1.165, 1.54) is 48.5 Å². The molecule has 4 nitrogen and oxygen atoms in total. The average molecular weight is 394 g/mol. The van der Waals surface area contributed by atoms with Gasteiger partial charge in [-0.1, -0.05) is 23.7 Å². The van der Waals surface area contributed by atoms with E-state index in [0.29, 0.717) is 17.2 Å². The van der Waals surface area contributed by atoms with Crippen molar-refractivity contribution in [2.45, 2.75) is 23.0 Å². The quantitative estimate of drug-likeness (QED) is 0.744. The molecule has 3 rings (SSSR count). The standard InChI is InChI=1S/C19H17ClFNO3S/c1-2-25-12-19(11-22)17(13-3-7-15(21)8-4-13)18(19)26(23,24)16-9-5-14(20)6-10-16/h3-10,17-18H,2,12H2,1H3. The fourth-order valence-electron chi connectivity index (χ4n) is 3.38. The van der Waals surface area contributed by atoms with E-state index in [2.05, 4.69) is 6.07 Å². The lowest BCUT2D eigenvalue weighted by Crippen LogP contribution is -2.19. The predicted molar refractivity (Wildman–Crippen MR) is 96.1 cm³/mol. The summed E-state index contributed by atoms with van der Waals surface area (Å²) in [4.78, 5) is 0.104. The van der Waals surface area contributed by atoms with Gasteiger partial charge in [0.25, 0.3) is 0 Å². The van der Waals surface area contributed by atoms with E-state index in [1.54, 1.807) is 6.92 Å². The summed E-state index contributed by atoms with van der Waals surface area (Å²) in [6.07, 6.45) is 0. The van der Waals surface area contributed by atoms with Gasteiger partial charge in [0.05, 0.1) is 22.8 Å². The highest BCUT2D eigenvalue weighted by Crippen LogP contribution is 2.63. The van der Waals surface area contributed by atoms with E-state index in [0.717, 1.165) is 0 Å². The minimum absolute atomic E-state index is 0.000467. The third-order valence-electron chi connectivity index (χ3n) is 4.72. The molecule has 0 heterocycles. The van der Waals surface area contributed by atoms with E-state index >= 15 is 0 Å². The fraction of sp³-hybridized carbons (Fsp3) is 0.316. The summed E-state index contributed by atoms with van der Waals surface area (Å²) in [6.45, 7) is 2.15. The molecule has 0 spiro atoms. The number of hydrogen-bond donors (Lipinski definition) is 0. The number of ether oxygens (including phenoxy) is 1. The Kier molecular flexibility index (Phi) is 5.07. The summed E-state index contributed by atoms with van der Waals surface area (Å²) in [5, 5.41) is 9.27. The van der Waals surface area contributed by atoms with Crippen molar-refractivity contribution in [3.63, 3.8) is 0 Å². The molecule has 0 N–H and O–H groups in total. The van der Waals surface area contributed by atoms with Crippen LogP contribution in [0.1, 0.15) is 18.4 Å². The van der Waals surface area contributed by atoms with Crippen LogP contribution in [0.25, 0.3) is 0 Å². The van der Waals surface area contributed by atoms with E-state index in [1.807, 2.05) is 0 Å². The van der Waals surface area contributed by atoms with E-state index in [9.17, 15) is 18.1 Å². The Hall–Kier alpha value is -1.94. The van der Waals surface area contributed by atoms with Gasteiger partial charge in [-0.05, 0) is 48.9 Å². The van der Waals surface area contributed by atoms with Crippen molar-refractivity contribution >= 4 is 21.4 Å². The monoisotopic (exact) mass is 393 g/mol. The predicted octanol–water partition coefficient (Wildman–Crippen LogP) is 3.97. The first kappa shape index (κ1) is 18.8. The van der Waals surface area contributed by atoms with Gasteiger partial charge in [-0.2, -0.15) is 5.26 Å². The van der Waals surface area contributed by atoms with Crippen LogP contribution >= 0.6 is 11.6 Å². The molecule has 3 unspecified atom stereocenters. The Morgan fingerprint density at radius 3 is 2.35 bits per heavy atom. The maximum Gasteiger partial charge on any atom is 0.183 e. The molecule has 2 aromatic rings. The molecule has 1 saturated carbocycles. The molecule has 0 saturated heterocycles. The van der Waals surface area contributed by atoms with Crippen LogP contribution in [0.2, 0.25) is 5.02 Å². The van der Waals surface area contributed by atoms with E-state index in [4.69, 9.17) is 16.3 Å². The molecular weight excluding hydrogens is 377 g/mol. The van der Waals surface area contributed by atoms with Gasteiger partial charge in [0, 0.05) is 17.5 Å². The fourth-order valence-corrected chi connectivity index (χ4v) is 5.82. The minimum Gasteiger partial charge on any atom is -0.380 e. The second-order valence-electron chi connectivity index (χ2n) is 6.24. The molecule has 1 aliphatic carbocycles. The maximum atomic E-state index is 13.3. The number of hydrogen-bond acceptors (Lipinski definition) is 4. The summed E-state index contributed by atoms with van der Waals surface area (Å²) < 4.78 is 45.0. The van der Waals surface area contributed by atoms with Crippen LogP contribution in [0.3, 0.4) is 0 Å². The third kappa shape index (κ3) is 3.11. The summed E-state index contributed by atoms with van der Waals surface area (Å²) >= 11 is 5.85. The number of rotatable bonds is 6. The van der Waals surface area contributed by atoms with Crippen molar-refractivity contribution in [2.75, 3.05) is 13.2 Å². The molecule has 1 aliphatic rings. The largest absolute Gasteiger partial charge is 0.380 e. The Labute approximate surface area is 157 Å². The molecule has 0 amide bonds. The molecule has 26 heavy (non-hydrogen) atoms. The average Bonchev–Trinajstić information content (AvgIpc) is 3.31. The van der Waals surface area contributed by atoms with Gasteiger partial charge in [0.2, 0.25) is 0 Å². The van der Waals surface area contributed by atoms with Crippen molar-refractivity contribution in [1.82, 2.24) is 0 Å². The minimum atomic E-state index is -3.79. The molecule has 136 valence electrons. The van der Waals surface area contributed by atoms with Crippen LogP contribution in [-0.2, 0) is 14.6 Å². The Balaban J connectivity index is 2.05. The van der Waals surface area contributed by atoms with Gasteiger partial charge in [-0.25, -0.2) is 12.8 Å². The van der Waals surface area contributed by atoms with Crippen molar-refractivity contribution < 1.29 is 17.5 Å². The molecule has 0 bridgehead atoms. The summed E-state index contributed by atoms with van der Waals surface area (Å²) in [5.41, 5.74) is -0.595. The second kappa shape index (κ2) is 6.99. The van der Waals surface area contributed by atoms with Crippen molar-refractivity contribution in [2.24, 2.45) is 5.41 Å². The number of benzene rings is 2. The van der Waals surface area contributed by atoms with Crippen molar-refractivity contribution in [3.8, 4) is 6.07 Å². The van der Waals surface area contributed by atoms with Crippen LogP contribution in [0.15, 0.2) is 53.4 Å². The lowest BCUT2D eigenvalue weighted by atomic mass is 10.0. The zero-order valence-electron chi connectivity index (χ0n) is 14.0. The van der Waals surface area contributed by atoms with Crippen LogP contribution in [0, 0.1) is 22.6 Å². The highest BCUT2D eigenvalue weighted by Gasteiger charge is 2.72. The third-order valence-corrected chi connectivity index (χ3v) is 7.26. The normalized spacial score (nSPS) is 24.8. The lowest BCUT2D eigenvalue weighted by Gasteiger charge is -2.09. The first-order valence-electron chi connectivity index (χ1n) is 8.10. The van der Waals surface area contributed by atoms with Crippen LogP contribution in [-0.4, -0.2) is 26.9 Å². The molecule has 2 aromatic carbocycles. The zero-order valence-corrected chi connectivity index (χ0v) is 15.6. The SMILES string of the molecule is CCOCC1(C#N)C(c2ccc(F)cc2)C1S(=O)(=O)c1ccc(Cl)cc1. The van der Waals surface area contributed by atoms with Gasteiger partial charge in [-0.3, -0.25) is 0 Å². The Bertz CT molecular complexity index is 938. The first-order valence-corrected chi connectivity index (χ1v) is 10.0. The number of nitrogens with zero attached hydrogens (tertiary/aromatic N) is 1. The molecule has 1 fully saturated rings. The van der Waals surface area contributed by atoms with Gasteiger partial charge >= 0.3 is 0 Å². The molecule has 7 heteroatoms. The Morgan fingerprint density at radius 1 is 1.19 bits per heavy atom. The van der Waals surface area contributed by atoms with Gasteiger partial charge in [0.15, 0.2) is 9.84 Å². The number of nitriles is 1. The smallest absolute Gasteiger partial charge is 0.183 e. The molecule has 0 aromatic heterocycles. The maximum absolute atomic E-state index is 13.3. The Morgan fingerprint density at radius 2 is 1.81 bits per heavy atom. The highest BCUT2D eigenvalue weighted by atomic mass is 35.5. The summed E-state index contributed by atoms with van der Waals surface area (Å²) in [6, 6.07) is 13.6. The van der Waals surface area contributed by atoms with Crippen LogP contribution in [0.4, 0.5) is 4.39 Å². The van der Waals surface area contributed by atoms with Crippen molar-refractivity contribution in [1.29, 1.82) is 5.26 Å². The second-order valence-corrected chi connectivity index (χ2v) is 8.74. The topological polar surface area (TPSA) is 67.2 Å². The number of sulfone groups is 1. The molecule has 0 aliphatic heterocycles. The van der Waals surface area contributed by atoms with Crippen molar-refractivity contribution in [3.05, 3.63) is 64.9 Å². The summed E-state index contributed by atoms with van der Waals surface area (Å²) in [5.74, 6) is -1.00.